The highest BCUT2D eigenvalue weighted by Gasteiger charge is 2.39. The summed E-state index contributed by atoms with van der Waals surface area (Å²) in [7, 11) is -3.30. The Hall–Kier alpha value is -2.53. The summed E-state index contributed by atoms with van der Waals surface area (Å²) in [5.41, 5.74) is 4.61. The maximum Gasteiger partial charge on any atom is 0.229 e. The molecular weight excluding hydrogens is 458 g/mol. The predicted octanol–water partition coefficient (Wildman–Crippen LogP) is 4.15. The molecule has 2 aliphatic heterocycles. The zero-order chi connectivity index (χ0) is 22.3. The van der Waals surface area contributed by atoms with Gasteiger partial charge in [-0.15, -0.1) is 12.4 Å². The first kappa shape index (κ1) is 23.6. The third-order valence-electron chi connectivity index (χ3n) is 6.89. The highest BCUT2D eigenvalue weighted by atomic mass is 35.5. The summed E-state index contributed by atoms with van der Waals surface area (Å²) in [4.78, 5) is 2.60. The van der Waals surface area contributed by atoms with Crippen LogP contribution in [-0.2, 0) is 22.9 Å². The zero-order valence-corrected chi connectivity index (χ0v) is 20.2. The Bertz CT molecular complexity index is 1230. The van der Waals surface area contributed by atoms with Gasteiger partial charge < -0.3 is 4.74 Å². The summed E-state index contributed by atoms with van der Waals surface area (Å²) in [6, 6.07) is 14.3. The Balaban J connectivity index is 0.00000259. The topological polar surface area (TPSA) is 82.4 Å². The van der Waals surface area contributed by atoms with Crippen LogP contribution in [0, 0.1) is 11.3 Å². The average Bonchev–Trinajstić information content (AvgIpc) is 2.78. The third kappa shape index (κ3) is 5.03. The lowest BCUT2D eigenvalue weighted by atomic mass is 9.83. The monoisotopic (exact) mass is 485 g/mol. The van der Waals surface area contributed by atoms with Crippen LogP contribution in [-0.4, -0.2) is 44.3 Å². The van der Waals surface area contributed by atoms with Gasteiger partial charge in [0.1, 0.15) is 11.4 Å². The molecule has 8 heteroatoms. The van der Waals surface area contributed by atoms with Crippen molar-refractivity contribution in [1.82, 2.24) is 4.90 Å². The van der Waals surface area contributed by atoms with Crippen LogP contribution in [0.3, 0.4) is 0 Å². The van der Waals surface area contributed by atoms with E-state index >= 15 is 0 Å². The Morgan fingerprint density at radius 3 is 2.67 bits per heavy atom. The highest BCUT2D eigenvalue weighted by molar-refractivity contribution is 7.92. The van der Waals surface area contributed by atoms with Gasteiger partial charge in [0.05, 0.1) is 17.9 Å². The maximum atomic E-state index is 11.5. The molecule has 0 radical (unpaired) electrons. The molecule has 0 saturated carbocycles. The van der Waals surface area contributed by atoms with Gasteiger partial charge in [-0.2, -0.15) is 5.26 Å². The number of aryl methyl sites for hydroxylation is 1. The van der Waals surface area contributed by atoms with Gasteiger partial charge in [-0.05, 0) is 66.8 Å². The number of sulfonamides is 1. The lowest BCUT2D eigenvalue weighted by Crippen LogP contribution is -2.51. The van der Waals surface area contributed by atoms with Crippen LogP contribution in [0.1, 0.15) is 41.5 Å². The quantitative estimate of drug-likeness (QED) is 0.706. The SMILES string of the molecule is CS(=O)(=O)Nc1ccc2c(c1)C=CC1(CCN(C3CCc4cc(C#N)ccc4C3)CC1)O2.Cl. The summed E-state index contributed by atoms with van der Waals surface area (Å²) < 4.78 is 31.9. The number of anilines is 1. The molecule has 0 bridgehead atoms. The van der Waals surface area contributed by atoms with E-state index in [1.54, 1.807) is 6.07 Å². The molecule has 1 unspecified atom stereocenters. The van der Waals surface area contributed by atoms with E-state index in [2.05, 4.69) is 33.9 Å². The number of fused-ring (bicyclic) bond motifs is 2. The van der Waals surface area contributed by atoms with E-state index < -0.39 is 10.0 Å². The van der Waals surface area contributed by atoms with Crippen molar-refractivity contribution in [3.63, 3.8) is 0 Å². The fourth-order valence-corrected chi connectivity index (χ4v) is 5.75. The fraction of sp³-hybridized carbons (Fsp3) is 0.400. The highest BCUT2D eigenvalue weighted by Crippen LogP contribution is 2.39. The number of hydrogen-bond acceptors (Lipinski definition) is 5. The normalized spacial score (nSPS) is 21.2. The van der Waals surface area contributed by atoms with Crippen molar-refractivity contribution in [2.45, 2.75) is 43.7 Å². The number of halogens is 1. The summed E-state index contributed by atoms with van der Waals surface area (Å²) in [5.74, 6) is 0.805. The average molecular weight is 486 g/mol. The molecule has 6 nitrogen and oxygen atoms in total. The van der Waals surface area contributed by atoms with Gasteiger partial charge in [0.25, 0.3) is 0 Å². The number of likely N-dealkylation sites (tertiary alicyclic amines) is 1. The number of hydrogen-bond donors (Lipinski definition) is 1. The van der Waals surface area contributed by atoms with Crippen LogP contribution in [0.15, 0.2) is 42.5 Å². The largest absolute Gasteiger partial charge is 0.482 e. The van der Waals surface area contributed by atoms with Crippen molar-refractivity contribution in [2.24, 2.45) is 0 Å². The van der Waals surface area contributed by atoms with E-state index in [-0.39, 0.29) is 18.0 Å². The van der Waals surface area contributed by atoms with Gasteiger partial charge in [-0.3, -0.25) is 9.62 Å². The number of piperidine rings is 1. The van der Waals surface area contributed by atoms with Gasteiger partial charge in [-0.1, -0.05) is 12.1 Å². The molecular formula is C25H28ClN3O3S. The second kappa shape index (κ2) is 9.02. The van der Waals surface area contributed by atoms with Crippen molar-refractivity contribution in [2.75, 3.05) is 24.1 Å². The Labute approximate surface area is 201 Å². The molecule has 5 rings (SSSR count). The molecule has 1 N–H and O–H groups in total. The number of nitrogens with zero attached hydrogens (tertiary/aromatic N) is 2. The molecule has 0 aromatic heterocycles. The van der Waals surface area contributed by atoms with Crippen molar-refractivity contribution in [3.8, 4) is 11.8 Å². The van der Waals surface area contributed by atoms with Crippen molar-refractivity contribution >= 4 is 34.2 Å². The lowest BCUT2D eigenvalue weighted by molar-refractivity contribution is 0.0205. The molecule has 33 heavy (non-hydrogen) atoms. The molecule has 3 aliphatic rings. The van der Waals surface area contributed by atoms with E-state index in [0.717, 1.165) is 68.3 Å². The van der Waals surface area contributed by atoms with E-state index in [1.165, 1.54) is 11.1 Å². The third-order valence-corrected chi connectivity index (χ3v) is 7.50. The smallest absolute Gasteiger partial charge is 0.229 e. The minimum Gasteiger partial charge on any atom is -0.482 e. The van der Waals surface area contributed by atoms with E-state index in [0.29, 0.717) is 11.7 Å². The summed E-state index contributed by atoms with van der Waals surface area (Å²) >= 11 is 0. The van der Waals surface area contributed by atoms with E-state index in [1.807, 2.05) is 24.3 Å². The van der Waals surface area contributed by atoms with Crippen molar-refractivity contribution < 1.29 is 13.2 Å². The number of nitrogens with one attached hydrogen (secondary N) is 1. The van der Waals surface area contributed by atoms with Crippen LogP contribution in [0.5, 0.6) is 5.75 Å². The van der Waals surface area contributed by atoms with E-state index in [4.69, 9.17) is 10.00 Å². The lowest BCUT2D eigenvalue weighted by Gasteiger charge is -2.45. The standard InChI is InChI=1S/C25H27N3O3S.ClH/c1-32(29,30)27-22-5-7-24-21(15-22)8-9-25(31-24)10-12-28(13-11-25)23-6-4-19-14-18(17-26)2-3-20(19)16-23;/h2-3,5,7-9,14-15,23,27H,4,6,10-13,16H2,1H3;1H. The van der Waals surface area contributed by atoms with Gasteiger partial charge in [0.2, 0.25) is 10.0 Å². The van der Waals surface area contributed by atoms with Crippen LogP contribution < -0.4 is 9.46 Å². The van der Waals surface area contributed by atoms with Crippen LogP contribution in [0.25, 0.3) is 6.08 Å². The Morgan fingerprint density at radius 1 is 1.15 bits per heavy atom. The Morgan fingerprint density at radius 2 is 1.94 bits per heavy atom. The van der Waals surface area contributed by atoms with Crippen LogP contribution in [0.4, 0.5) is 5.69 Å². The Kier molecular flexibility index (Phi) is 6.45. The molecule has 1 aliphatic carbocycles. The number of rotatable bonds is 3. The summed E-state index contributed by atoms with van der Waals surface area (Å²) in [5, 5.41) is 9.13. The molecule has 0 amide bonds. The van der Waals surface area contributed by atoms with Crippen LogP contribution >= 0.6 is 12.4 Å². The first-order chi connectivity index (χ1) is 15.3. The minimum absolute atomic E-state index is 0. The maximum absolute atomic E-state index is 11.5. The van der Waals surface area contributed by atoms with Gasteiger partial charge >= 0.3 is 0 Å². The van der Waals surface area contributed by atoms with Gasteiger partial charge in [0.15, 0.2) is 0 Å². The first-order valence-corrected chi connectivity index (χ1v) is 13.0. The minimum atomic E-state index is -3.30. The van der Waals surface area contributed by atoms with Gasteiger partial charge in [0, 0.05) is 43.2 Å². The van der Waals surface area contributed by atoms with Crippen molar-refractivity contribution in [1.29, 1.82) is 5.26 Å². The van der Waals surface area contributed by atoms with E-state index in [9.17, 15) is 8.42 Å². The molecule has 174 valence electrons. The number of nitriles is 1. The second-order valence-electron chi connectivity index (χ2n) is 9.15. The molecule has 1 saturated heterocycles. The summed E-state index contributed by atoms with van der Waals surface area (Å²) in [6.07, 6.45) is 10.4. The molecule has 1 spiro atoms. The molecule has 2 aromatic carbocycles. The second-order valence-corrected chi connectivity index (χ2v) is 10.9. The molecule has 2 aromatic rings. The van der Waals surface area contributed by atoms with Crippen LogP contribution in [0.2, 0.25) is 0 Å². The molecule has 1 fully saturated rings. The molecule has 1 atom stereocenters. The summed E-state index contributed by atoms with van der Waals surface area (Å²) in [6.45, 7) is 1.98. The first-order valence-electron chi connectivity index (χ1n) is 11.1. The molecule has 2 heterocycles. The zero-order valence-electron chi connectivity index (χ0n) is 18.6. The predicted molar refractivity (Wildman–Crippen MR) is 132 cm³/mol. The van der Waals surface area contributed by atoms with Gasteiger partial charge in [-0.25, -0.2) is 8.42 Å². The van der Waals surface area contributed by atoms with Crippen molar-refractivity contribution in [3.05, 3.63) is 64.7 Å². The fourth-order valence-electron chi connectivity index (χ4n) is 5.20. The number of benzene rings is 2. The number of ether oxygens (including phenoxy) is 1.